The number of hydrogen-bond acceptors (Lipinski definition) is 3. The number of aliphatic imine (C=N–C) groups is 1. The van der Waals surface area contributed by atoms with Crippen molar-refractivity contribution in [1.82, 2.24) is 10.6 Å². The van der Waals surface area contributed by atoms with Gasteiger partial charge in [0.1, 0.15) is 5.76 Å². The van der Waals surface area contributed by atoms with Crippen LogP contribution in [0.5, 0.6) is 0 Å². The van der Waals surface area contributed by atoms with Crippen molar-refractivity contribution in [2.75, 3.05) is 26.8 Å². The van der Waals surface area contributed by atoms with Crippen molar-refractivity contribution in [3.8, 4) is 0 Å². The summed E-state index contributed by atoms with van der Waals surface area (Å²) in [6, 6.07) is 11.8. The molecule has 24 heavy (non-hydrogen) atoms. The lowest BCUT2D eigenvalue weighted by Gasteiger charge is -2.18. The molecule has 0 spiro atoms. The number of nitrogens with one attached hydrogen (secondary N) is 2. The molecular formula is C18H24ClN3O2. The Labute approximate surface area is 148 Å². The fraction of sp³-hybridized carbons (Fsp3) is 0.389. The summed E-state index contributed by atoms with van der Waals surface area (Å²) in [5.41, 5.74) is 1.15. The Morgan fingerprint density at radius 3 is 2.75 bits per heavy atom. The van der Waals surface area contributed by atoms with E-state index in [1.54, 1.807) is 13.4 Å². The van der Waals surface area contributed by atoms with Gasteiger partial charge in [-0.15, -0.1) is 0 Å². The SMILES string of the molecule is COCCN=C(NCCc1ccco1)NC(C)c1ccc(Cl)cc1. The van der Waals surface area contributed by atoms with Gasteiger partial charge in [0.25, 0.3) is 0 Å². The van der Waals surface area contributed by atoms with Crippen molar-refractivity contribution >= 4 is 17.6 Å². The molecule has 2 aromatic rings. The summed E-state index contributed by atoms with van der Waals surface area (Å²) >= 11 is 5.94. The second-order valence-electron chi connectivity index (χ2n) is 5.40. The Morgan fingerprint density at radius 2 is 2.08 bits per heavy atom. The third-order valence-electron chi connectivity index (χ3n) is 3.53. The highest BCUT2D eigenvalue weighted by atomic mass is 35.5. The van der Waals surface area contributed by atoms with E-state index in [1.807, 2.05) is 36.4 Å². The van der Waals surface area contributed by atoms with Crippen LogP contribution >= 0.6 is 11.6 Å². The van der Waals surface area contributed by atoms with Gasteiger partial charge in [0.05, 0.1) is 25.5 Å². The number of nitrogens with zero attached hydrogens (tertiary/aromatic N) is 1. The van der Waals surface area contributed by atoms with Crippen molar-refractivity contribution in [3.63, 3.8) is 0 Å². The molecule has 6 heteroatoms. The average molecular weight is 350 g/mol. The first kappa shape index (κ1) is 18.4. The molecule has 1 heterocycles. The highest BCUT2D eigenvalue weighted by molar-refractivity contribution is 6.30. The van der Waals surface area contributed by atoms with E-state index in [0.717, 1.165) is 35.3 Å². The van der Waals surface area contributed by atoms with Crippen LogP contribution < -0.4 is 10.6 Å². The Kier molecular flexibility index (Phi) is 7.65. The highest BCUT2D eigenvalue weighted by Crippen LogP contribution is 2.15. The molecule has 1 aromatic carbocycles. The van der Waals surface area contributed by atoms with Gasteiger partial charge in [0.2, 0.25) is 0 Å². The maximum Gasteiger partial charge on any atom is 0.191 e. The van der Waals surface area contributed by atoms with E-state index >= 15 is 0 Å². The first-order valence-electron chi connectivity index (χ1n) is 8.00. The number of methoxy groups -OCH3 is 1. The molecule has 0 saturated heterocycles. The summed E-state index contributed by atoms with van der Waals surface area (Å²) in [4.78, 5) is 4.53. The van der Waals surface area contributed by atoms with Crippen LogP contribution in [-0.2, 0) is 11.2 Å². The first-order valence-corrected chi connectivity index (χ1v) is 8.38. The number of benzene rings is 1. The summed E-state index contributed by atoms with van der Waals surface area (Å²) in [6.45, 7) is 4.00. The molecule has 0 fully saturated rings. The van der Waals surface area contributed by atoms with Crippen LogP contribution in [0.25, 0.3) is 0 Å². The van der Waals surface area contributed by atoms with Crippen LogP contribution in [0.3, 0.4) is 0 Å². The van der Waals surface area contributed by atoms with Crippen LogP contribution in [0.15, 0.2) is 52.1 Å². The van der Waals surface area contributed by atoms with Gasteiger partial charge in [0.15, 0.2) is 5.96 Å². The van der Waals surface area contributed by atoms with Crippen LogP contribution in [-0.4, -0.2) is 32.8 Å². The van der Waals surface area contributed by atoms with E-state index in [0.29, 0.717) is 13.2 Å². The molecule has 1 aromatic heterocycles. The number of guanidine groups is 1. The fourth-order valence-electron chi connectivity index (χ4n) is 2.20. The zero-order chi connectivity index (χ0) is 17.2. The second kappa shape index (κ2) is 10.0. The van der Waals surface area contributed by atoms with E-state index < -0.39 is 0 Å². The maximum absolute atomic E-state index is 5.94. The lowest BCUT2D eigenvalue weighted by atomic mass is 10.1. The third-order valence-corrected chi connectivity index (χ3v) is 3.78. The molecule has 130 valence electrons. The van der Waals surface area contributed by atoms with Crippen LogP contribution in [0, 0.1) is 0 Å². The van der Waals surface area contributed by atoms with E-state index in [1.165, 1.54) is 0 Å². The molecule has 0 saturated carbocycles. The standard InChI is InChI=1S/C18H24ClN3O2/c1-14(15-5-7-16(19)8-6-15)22-18(21-11-13-23-2)20-10-9-17-4-3-12-24-17/h3-8,12,14H,9-11,13H2,1-2H3,(H2,20,21,22). The van der Waals surface area contributed by atoms with Gasteiger partial charge in [-0.05, 0) is 36.8 Å². The summed E-state index contributed by atoms with van der Waals surface area (Å²) < 4.78 is 10.4. The second-order valence-corrected chi connectivity index (χ2v) is 5.83. The Bertz CT molecular complexity index is 612. The number of ether oxygens (including phenoxy) is 1. The van der Waals surface area contributed by atoms with Crippen molar-refractivity contribution in [2.24, 2.45) is 4.99 Å². The first-order chi connectivity index (χ1) is 11.7. The van der Waals surface area contributed by atoms with E-state index in [4.69, 9.17) is 20.8 Å². The zero-order valence-electron chi connectivity index (χ0n) is 14.1. The van der Waals surface area contributed by atoms with Gasteiger partial charge in [-0.1, -0.05) is 23.7 Å². The Hall–Kier alpha value is -1.98. The van der Waals surface area contributed by atoms with Crippen molar-refractivity contribution in [1.29, 1.82) is 0 Å². The lowest BCUT2D eigenvalue weighted by Crippen LogP contribution is -2.40. The molecule has 0 aliphatic heterocycles. The predicted octanol–water partition coefficient (Wildman–Crippen LogP) is 3.42. The van der Waals surface area contributed by atoms with Crippen LogP contribution in [0.2, 0.25) is 5.02 Å². The van der Waals surface area contributed by atoms with Crippen LogP contribution in [0.1, 0.15) is 24.3 Å². The Morgan fingerprint density at radius 1 is 1.29 bits per heavy atom. The summed E-state index contributed by atoms with van der Waals surface area (Å²) in [5.74, 6) is 1.70. The minimum Gasteiger partial charge on any atom is -0.469 e. The highest BCUT2D eigenvalue weighted by Gasteiger charge is 2.08. The largest absolute Gasteiger partial charge is 0.469 e. The minimum atomic E-state index is 0.111. The molecular weight excluding hydrogens is 326 g/mol. The number of furan rings is 1. The van der Waals surface area contributed by atoms with Crippen molar-refractivity contribution in [3.05, 3.63) is 59.0 Å². The normalized spacial score (nSPS) is 12.9. The Balaban J connectivity index is 1.91. The zero-order valence-corrected chi connectivity index (χ0v) is 14.8. The predicted molar refractivity (Wildman–Crippen MR) is 97.6 cm³/mol. The summed E-state index contributed by atoms with van der Waals surface area (Å²) in [5, 5.41) is 7.46. The smallest absolute Gasteiger partial charge is 0.191 e. The van der Waals surface area contributed by atoms with Gasteiger partial charge in [-0.25, -0.2) is 0 Å². The maximum atomic E-state index is 5.94. The quantitative estimate of drug-likeness (QED) is 0.435. The van der Waals surface area contributed by atoms with Gasteiger partial charge < -0.3 is 19.8 Å². The summed E-state index contributed by atoms with van der Waals surface area (Å²) in [6.07, 6.45) is 2.48. The average Bonchev–Trinajstić information content (AvgIpc) is 3.09. The van der Waals surface area contributed by atoms with Gasteiger partial charge in [-0.3, -0.25) is 4.99 Å². The molecule has 0 radical (unpaired) electrons. The molecule has 2 rings (SSSR count). The van der Waals surface area contributed by atoms with E-state index in [9.17, 15) is 0 Å². The van der Waals surface area contributed by atoms with Gasteiger partial charge in [0, 0.05) is 25.1 Å². The monoisotopic (exact) mass is 349 g/mol. The lowest BCUT2D eigenvalue weighted by molar-refractivity contribution is 0.208. The number of rotatable bonds is 8. The molecule has 1 unspecified atom stereocenters. The van der Waals surface area contributed by atoms with Crippen LogP contribution in [0.4, 0.5) is 0 Å². The fourth-order valence-corrected chi connectivity index (χ4v) is 2.33. The molecule has 5 nitrogen and oxygen atoms in total. The van der Waals surface area contributed by atoms with Crippen molar-refractivity contribution in [2.45, 2.75) is 19.4 Å². The minimum absolute atomic E-state index is 0.111. The van der Waals surface area contributed by atoms with Crippen molar-refractivity contribution < 1.29 is 9.15 Å². The molecule has 0 aliphatic rings. The third kappa shape index (κ3) is 6.26. The van der Waals surface area contributed by atoms with E-state index in [2.05, 4.69) is 22.5 Å². The molecule has 1 atom stereocenters. The molecule has 0 amide bonds. The van der Waals surface area contributed by atoms with Gasteiger partial charge in [-0.2, -0.15) is 0 Å². The number of halogens is 1. The molecule has 0 bridgehead atoms. The number of hydrogen-bond donors (Lipinski definition) is 2. The summed E-state index contributed by atoms with van der Waals surface area (Å²) in [7, 11) is 1.67. The molecule has 0 aliphatic carbocycles. The molecule has 2 N–H and O–H groups in total. The van der Waals surface area contributed by atoms with Gasteiger partial charge >= 0.3 is 0 Å². The topological polar surface area (TPSA) is 58.8 Å². The van der Waals surface area contributed by atoms with E-state index in [-0.39, 0.29) is 6.04 Å².